The summed E-state index contributed by atoms with van der Waals surface area (Å²) in [4.78, 5) is 0. The second-order valence-electron chi connectivity index (χ2n) is 5.98. The van der Waals surface area contributed by atoms with Crippen LogP contribution >= 0.6 is 0 Å². The maximum atomic E-state index is 2.48. The zero-order valence-electron chi connectivity index (χ0n) is 14.3. The Kier molecular flexibility index (Phi) is 7.70. The fraction of sp³-hybridized carbons (Fsp3) is 0.450. The largest absolute Gasteiger partial charge is 0.358 e. The standard InChI is InChI=1S/C18H23.2CH3.Hf/c1-4-13-7-8-14-9-15-11-18(5-2,6-3)12-16(15)10-17(13)14;;;/h7-10H,4-6,11-12H2,1-3H3;2*1H3;/q3*-1;. The summed E-state index contributed by atoms with van der Waals surface area (Å²) in [6.07, 6.45) is 6.35. The average molecular weight is 448 g/mol. The molecular weight excluding hydrogens is 419 g/mol. The molecule has 116 valence electrons. The third kappa shape index (κ3) is 3.39. The van der Waals surface area contributed by atoms with Gasteiger partial charge in [0.1, 0.15) is 0 Å². The van der Waals surface area contributed by atoms with Crippen molar-refractivity contribution in [2.75, 3.05) is 0 Å². The van der Waals surface area contributed by atoms with Crippen LogP contribution in [0.1, 0.15) is 50.3 Å². The van der Waals surface area contributed by atoms with Gasteiger partial charge in [0.25, 0.3) is 0 Å². The molecule has 3 rings (SSSR count). The van der Waals surface area contributed by atoms with Crippen LogP contribution in [0.2, 0.25) is 0 Å². The summed E-state index contributed by atoms with van der Waals surface area (Å²) in [6, 6.07) is 9.53. The van der Waals surface area contributed by atoms with Crippen molar-refractivity contribution >= 4 is 10.8 Å². The first-order valence-corrected chi connectivity index (χ1v) is 7.41. The molecule has 0 amide bonds. The molecule has 0 saturated heterocycles. The van der Waals surface area contributed by atoms with Crippen molar-refractivity contribution in [3.05, 3.63) is 55.8 Å². The van der Waals surface area contributed by atoms with Gasteiger partial charge in [-0.25, -0.2) is 0 Å². The van der Waals surface area contributed by atoms with E-state index in [4.69, 9.17) is 0 Å². The minimum absolute atomic E-state index is 0. The van der Waals surface area contributed by atoms with Gasteiger partial charge in [-0.3, -0.25) is 0 Å². The Bertz CT molecular complexity index is 573. The van der Waals surface area contributed by atoms with Gasteiger partial charge in [0.15, 0.2) is 0 Å². The van der Waals surface area contributed by atoms with E-state index in [1.807, 2.05) is 0 Å². The summed E-state index contributed by atoms with van der Waals surface area (Å²) in [5.41, 5.74) is 5.29. The molecule has 0 fully saturated rings. The third-order valence-electron chi connectivity index (χ3n) is 5.19. The Labute approximate surface area is 150 Å². The summed E-state index contributed by atoms with van der Waals surface area (Å²) < 4.78 is 0. The molecule has 0 saturated carbocycles. The Balaban J connectivity index is 0.00000133. The smallest absolute Gasteiger partial charge is 0 e. The topological polar surface area (TPSA) is 0 Å². The first-order valence-electron chi connectivity index (χ1n) is 7.41. The molecule has 0 radical (unpaired) electrons. The van der Waals surface area contributed by atoms with E-state index < -0.39 is 0 Å². The predicted octanol–water partition coefficient (Wildman–Crippen LogP) is 5.92. The van der Waals surface area contributed by atoms with E-state index in [2.05, 4.69) is 45.0 Å². The monoisotopic (exact) mass is 449 g/mol. The molecule has 0 bridgehead atoms. The molecule has 0 aromatic heterocycles. The van der Waals surface area contributed by atoms with E-state index in [1.165, 1.54) is 42.0 Å². The molecule has 1 aliphatic rings. The molecule has 0 nitrogen and oxygen atoms in total. The van der Waals surface area contributed by atoms with Crippen LogP contribution in [0, 0.1) is 20.3 Å². The number of aryl methyl sites for hydroxylation is 1. The van der Waals surface area contributed by atoms with Gasteiger partial charge in [0, 0.05) is 25.8 Å². The van der Waals surface area contributed by atoms with Crippen LogP contribution in [0.5, 0.6) is 0 Å². The van der Waals surface area contributed by atoms with E-state index in [0.717, 1.165) is 6.42 Å². The summed E-state index contributed by atoms with van der Waals surface area (Å²) in [6.45, 7) is 6.96. The Morgan fingerprint density at radius 1 is 1.00 bits per heavy atom. The summed E-state index contributed by atoms with van der Waals surface area (Å²) in [7, 11) is 0. The van der Waals surface area contributed by atoms with Gasteiger partial charge in [-0.05, 0) is 31.1 Å². The maximum Gasteiger partial charge on any atom is 0 e. The molecule has 0 aliphatic heterocycles. The summed E-state index contributed by atoms with van der Waals surface area (Å²) in [5, 5.41) is 2.95. The SMILES string of the molecule is CC[c-]1ccc2cc3c(cc21)CC(CC)(CC)C3.[CH3-].[CH3-].[Hf]. The predicted molar refractivity (Wildman–Crippen MR) is 92.2 cm³/mol. The van der Waals surface area contributed by atoms with Crippen LogP contribution in [0.15, 0.2) is 24.3 Å². The van der Waals surface area contributed by atoms with Crippen molar-refractivity contribution < 1.29 is 25.8 Å². The van der Waals surface area contributed by atoms with Gasteiger partial charge in [0.05, 0.1) is 0 Å². The van der Waals surface area contributed by atoms with E-state index in [9.17, 15) is 0 Å². The number of hydrogen-bond donors (Lipinski definition) is 0. The zero-order chi connectivity index (χ0) is 12.8. The zero-order valence-corrected chi connectivity index (χ0v) is 17.9. The molecule has 1 aliphatic carbocycles. The quantitative estimate of drug-likeness (QED) is 0.404. The van der Waals surface area contributed by atoms with Gasteiger partial charge in [-0.1, -0.05) is 38.3 Å². The van der Waals surface area contributed by atoms with Crippen molar-refractivity contribution in [2.45, 2.75) is 52.9 Å². The van der Waals surface area contributed by atoms with Crippen molar-refractivity contribution in [1.82, 2.24) is 0 Å². The molecule has 0 N–H and O–H groups in total. The summed E-state index contributed by atoms with van der Waals surface area (Å²) >= 11 is 0. The van der Waals surface area contributed by atoms with Gasteiger partial charge in [-0.15, -0.1) is 34.5 Å². The first-order chi connectivity index (χ1) is 8.71. The number of fused-ring (bicyclic) bond motifs is 2. The molecule has 21 heavy (non-hydrogen) atoms. The molecule has 0 unspecified atom stereocenters. The minimum Gasteiger partial charge on any atom is -0.358 e. The maximum absolute atomic E-state index is 2.48. The molecular formula is C20H29Hf-3. The van der Waals surface area contributed by atoms with Crippen LogP contribution in [-0.2, 0) is 45.1 Å². The van der Waals surface area contributed by atoms with E-state index >= 15 is 0 Å². The van der Waals surface area contributed by atoms with Crippen LogP contribution < -0.4 is 0 Å². The van der Waals surface area contributed by atoms with Crippen LogP contribution in [0.3, 0.4) is 0 Å². The van der Waals surface area contributed by atoms with Gasteiger partial charge in [0.2, 0.25) is 0 Å². The average Bonchev–Trinajstić information content (AvgIpc) is 2.96. The van der Waals surface area contributed by atoms with E-state index in [-0.39, 0.29) is 40.7 Å². The van der Waals surface area contributed by atoms with Crippen LogP contribution in [-0.4, -0.2) is 0 Å². The van der Waals surface area contributed by atoms with E-state index in [1.54, 1.807) is 11.1 Å². The Morgan fingerprint density at radius 2 is 1.57 bits per heavy atom. The van der Waals surface area contributed by atoms with E-state index in [0.29, 0.717) is 5.41 Å². The minimum atomic E-state index is 0. The van der Waals surface area contributed by atoms with Gasteiger partial charge < -0.3 is 14.9 Å². The number of benzene rings is 1. The molecule has 1 heteroatoms. The number of rotatable bonds is 3. The molecule has 0 spiro atoms. The second-order valence-corrected chi connectivity index (χ2v) is 5.98. The molecule has 2 aromatic rings. The van der Waals surface area contributed by atoms with Crippen LogP contribution in [0.4, 0.5) is 0 Å². The van der Waals surface area contributed by atoms with Crippen molar-refractivity contribution in [1.29, 1.82) is 0 Å². The molecule has 2 aromatic carbocycles. The van der Waals surface area contributed by atoms with Crippen molar-refractivity contribution in [2.24, 2.45) is 5.41 Å². The van der Waals surface area contributed by atoms with Gasteiger partial charge in [-0.2, -0.15) is 6.07 Å². The van der Waals surface area contributed by atoms with Crippen molar-refractivity contribution in [3.63, 3.8) is 0 Å². The first kappa shape index (κ1) is 20.7. The van der Waals surface area contributed by atoms with Crippen LogP contribution in [0.25, 0.3) is 10.8 Å². The summed E-state index contributed by atoms with van der Waals surface area (Å²) in [5.74, 6) is 0. The fourth-order valence-electron chi connectivity index (χ4n) is 3.66. The molecule has 0 heterocycles. The second kappa shape index (κ2) is 7.81. The van der Waals surface area contributed by atoms with Gasteiger partial charge >= 0.3 is 0 Å². The fourth-order valence-corrected chi connectivity index (χ4v) is 3.66. The Hall–Kier alpha value is -0.300. The van der Waals surface area contributed by atoms with Crippen molar-refractivity contribution in [3.8, 4) is 0 Å². The molecule has 0 atom stereocenters. The number of hydrogen-bond acceptors (Lipinski definition) is 0. The Morgan fingerprint density at radius 3 is 2.10 bits per heavy atom. The third-order valence-corrected chi connectivity index (χ3v) is 5.19. The normalized spacial score (nSPS) is 14.8.